The van der Waals surface area contributed by atoms with Gasteiger partial charge in [-0.3, -0.25) is 0 Å². The lowest BCUT2D eigenvalue weighted by molar-refractivity contribution is 1.00. The van der Waals surface area contributed by atoms with E-state index in [1.165, 1.54) is 11.3 Å². The third-order valence-corrected chi connectivity index (χ3v) is 2.65. The molecule has 1 aliphatic heterocycles. The normalized spacial score (nSPS) is 13.5. The number of hydrogen-bond donors (Lipinski definition) is 0. The monoisotopic (exact) mass is 303 g/mol. The molecule has 70 valence electrons. The minimum Gasteiger partial charge on any atom is -0.357 e. The van der Waals surface area contributed by atoms with E-state index < -0.39 is 0 Å². The molecule has 0 saturated heterocycles. The van der Waals surface area contributed by atoms with Crippen LogP contribution < -0.4 is 4.90 Å². The van der Waals surface area contributed by atoms with Crippen LogP contribution >= 0.6 is 32.9 Å². The Hall–Kier alpha value is -0.280. The first-order valence-corrected chi connectivity index (χ1v) is 5.10. The Morgan fingerprint density at radius 3 is 2.85 bits per heavy atom. The van der Waals surface area contributed by atoms with Gasteiger partial charge in [-0.25, -0.2) is 0 Å². The highest BCUT2D eigenvalue weighted by molar-refractivity contribution is 9.09. The van der Waals surface area contributed by atoms with Gasteiger partial charge in [0.25, 0.3) is 0 Å². The average Bonchev–Trinajstić information content (AvgIpc) is 2.17. The number of anilines is 1. The maximum atomic E-state index is 3.47. The van der Waals surface area contributed by atoms with E-state index in [0.717, 1.165) is 12.0 Å². The number of rotatable bonds is 1. The lowest BCUT2D eigenvalue weighted by Gasteiger charge is -2.25. The number of nitrogens with zero attached hydrogens (tertiary/aromatic N) is 1. The zero-order valence-electron chi connectivity index (χ0n) is 7.11. The van der Waals surface area contributed by atoms with Gasteiger partial charge in [-0.05, 0) is 11.6 Å². The standard InChI is InChI=1S/C10H10BrN.BrH/c11-8-12-7-3-5-9-4-1-2-6-10(9)12;/h1-6H,7-8H2;1H. The van der Waals surface area contributed by atoms with Gasteiger partial charge in [0.1, 0.15) is 0 Å². The van der Waals surface area contributed by atoms with Gasteiger partial charge < -0.3 is 4.90 Å². The molecule has 0 atom stereocenters. The second-order valence-corrected chi connectivity index (χ2v) is 3.30. The maximum absolute atomic E-state index is 3.47. The Morgan fingerprint density at radius 2 is 2.08 bits per heavy atom. The molecule has 0 N–H and O–H groups in total. The number of para-hydroxylation sites is 1. The topological polar surface area (TPSA) is 3.24 Å². The fraction of sp³-hybridized carbons (Fsp3) is 0.200. The van der Waals surface area contributed by atoms with Crippen LogP contribution in [0.1, 0.15) is 5.56 Å². The van der Waals surface area contributed by atoms with Crippen molar-refractivity contribution < 1.29 is 0 Å². The Balaban J connectivity index is 0.000000845. The fourth-order valence-electron chi connectivity index (χ4n) is 1.43. The highest BCUT2D eigenvalue weighted by atomic mass is 79.9. The van der Waals surface area contributed by atoms with Crippen molar-refractivity contribution in [1.82, 2.24) is 0 Å². The van der Waals surface area contributed by atoms with Crippen molar-refractivity contribution in [3.8, 4) is 0 Å². The van der Waals surface area contributed by atoms with Gasteiger partial charge in [-0.1, -0.05) is 46.3 Å². The molecule has 0 fully saturated rings. The molecule has 1 aromatic carbocycles. The van der Waals surface area contributed by atoms with Gasteiger partial charge in [-0.15, -0.1) is 17.0 Å². The van der Waals surface area contributed by atoms with Gasteiger partial charge in [0.05, 0.1) is 5.45 Å². The molecule has 0 saturated carbocycles. The molecule has 0 spiro atoms. The van der Waals surface area contributed by atoms with Crippen LogP contribution in [0, 0.1) is 0 Å². The summed E-state index contributed by atoms with van der Waals surface area (Å²) in [5.74, 6) is 0. The van der Waals surface area contributed by atoms with Gasteiger partial charge in [0, 0.05) is 12.2 Å². The van der Waals surface area contributed by atoms with E-state index in [9.17, 15) is 0 Å². The fourth-order valence-corrected chi connectivity index (χ4v) is 1.91. The molecule has 13 heavy (non-hydrogen) atoms. The van der Waals surface area contributed by atoms with Crippen LogP contribution in [0.2, 0.25) is 0 Å². The molecule has 1 nitrogen and oxygen atoms in total. The highest BCUT2D eigenvalue weighted by Crippen LogP contribution is 2.25. The van der Waals surface area contributed by atoms with Crippen molar-refractivity contribution in [2.45, 2.75) is 0 Å². The van der Waals surface area contributed by atoms with E-state index in [2.05, 4.69) is 57.2 Å². The number of benzene rings is 1. The number of hydrogen-bond acceptors (Lipinski definition) is 1. The molecule has 0 amide bonds. The average molecular weight is 305 g/mol. The van der Waals surface area contributed by atoms with Crippen LogP contribution in [-0.4, -0.2) is 12.0 Å². The van der Waals surface area contributed by atoms with Crippen molar-refractivity contribution >= 4 is 44.7 Å². The largest absolute Gasteiger partial charge is 0.357 e. The van der Waals surface area contributed by atoms with Gasteiger partial charge in [0.15, 0.2) is 0 Å². The summed E-state index contributed by atoms with van der Waals surface area (Å²) < 4.78 is 0. The molecule has 0 bridgehead atoms. The molecule has 3 heteroatoms. The van der Waals surface area contributed by atoms with Crippen LogP contribution in [-0.2, 0) is 0 Å². The van der Waals surface area contributed by atoms with E-state index in [-0.39, 0.29) is 17.0 Å². The van der Waals surface area contributed by atoms with Crippen LogP contribution in [0.5, 0.6) is 0 Å². The number of fused-ring (bicyclic) bond motifs is 1. The molecule has 0 aromatic heterocycles. The predicted octanol–water partition coefficient (Wildman–Crippen LogP) is 3.45. The second kappa shape index (κ2) is 4.82. The molecule has 1 aromatic rings. The summed E-state index contributed by atoms with van der Waals surface area (Å²) in [6.07, 6.45) is 4.36. The van der Waals surface area contributed by atoms with E-state index in [1.54, 1.807) is 0 Å². The zero-order valence-corrected chi connectivity index (χ0v) is 10.4. The zero-order chi connectivity index (χ0) is 8.39. The maximum Gasteiger partial charge on any atom is 0.0739 e. The summed E-state index contributed by atoms with van der Waals surface area (Å²) in [5, 5.41) is 0. The Kier molecular flexibility index (Phi) is 4.00. The van der Waals surface area contributed by atoms with Crippen LogP contribution in [0.4, 0.5) is 5.69 Å². The summed E-state index contributed by atoms with van der Waals surface area (Å²) in [6, 6.07) is 8.44. The summed E-state index contributed by atoms with van der Waals surface area (Å²) in [6.45, 7) is 1.00. The van der Waals surface area contributed by atoms with Gasteiger partial charge in [-0.2, -0.15) is 0 Å². The van der Waals surface area contributed by atoms with Gasteiger partial charge >= 0.3 is 0 Å². The van der Waals surface area contributed by atoms with Gasteiger partial charge in [0.2, 0.25) is 0 Å². The lowest BCUT2D eigenvalue weighted by atomic mass is 10.1. The molecule has 1 aliphatic rings. The first-order chi connectivity index (χ1) is 5.92. The van der Waals surface area contributed by atoms with Crippen molar-refractivity contribution in [3.63, 3.8) is 0 Å². The number of alkyl halides is 1. The SMILES string of the molecule is Br.BrCN1CC=Cc2ccccc21. The summed E-state index contributed by atoms with van der Waals surface area (Å²) in [4.78, 5) is 2.29. The van der Waals surface area contributed by atoms with Crippen molar-refractivity contribution in [1.29, 1.82) is 0 Å². The summed E-state index contributed by atoms with van der Waals surface area (Å²) in [7, 11) is 0. The second-order valence-electron chi connectivity index (χ2n) is 2.80. The van der Waals surface area contributed by atoms with E-state index in [1.807, 2.05) is 0 Å². The molecular weight excluding hydrogens is 294 g/mol. The molecule has 2 rings (SSSR count). The Labute approximate surface area is 97.3 Å². The van der Waals surface area contributed by atoms with Crippen LogP contribution in [0.25, 0.3) is 6.08 Å². The summed E-state index contributed by atoms with van der Waals surface area (Å²) >= 11 is 3.47. The third kappa shape index (κ3) is 2.15. The third-order valence-electron chi connectivity index (χ3n) is 2.04. The highest BCUT2D eigenvalue weighted by Gasteiger charge is 2.09. The van der Waals surface area contributed by atoms with Crippen molar-refractivity contribution in [3.05, 3.63) is 35.9 Å². The van der Waals surface area contributed by atoms with E-state index in [0.29, 0.717) is 0 Å². The Morgan fingerprint density at radius 1 is 1.31 bits per heavy atom. The molecule has 0 radical (unpaired) electrons. The Bertz CT molecular complexity index is 310. The first kappa shape index (κ1) is 10.8. The molecule has 0 unspecified atom stereocenters. The molecule has 1 heterocycles. The molecule has 0 aliphatic carbocycles. The predicted molar refractivity (Wildman–Crippen MR) is 66.9 cm³/mol. The minimum absolute atomic E-state index is 0. The smallest absolute Gasteiger partial charge is 0.0739 e. The van der Waals surface area contributed by atoms with Crippen LogP contribution in [0.3, 0.4) is 0 Å². The lowest BCUT2D eigenvalue weighted by Crippen LogP contribution is -2.23. The minimum atomic E-state index is 0. The van der Waals surface area contributed by atoms with Crippen molar-refractivity contribution in [2.75, 3.05) is 16.9 Å². The summed E-state index contributed by atoms with van der Waals surface area (Å²) in [5.41, 5.74) is 3.52. The first-order valence-electron chi connectivity index (χ1n) is 3.98. The number of halogens is 2. The van der Waals surface area contributed by atoms with Crippen LogP contribution in [0.15, 0.2) is 30.3 Å². The quantitative estimate of drug-likeness (QED) is 0.567. The van der Waals surface area contributed by atoms with Crippen molar-refractivity contribution in [2.24, 2.45) is 0 Å². The molecular formula is C10H11Br2N. The van der Waals surface area contributed by atoms with E-state index >= 15 is 0 Å². The van der Waals surface area contributed by atoms with E-state index in [4.69, 9.17) is 0 Å².